The Labute approximate surface area is 238 Å². The van der Waals surface area contributed by atoms with Crippen LogP contribution in [0, 0.1) is 0 Å². The third-order valence-electron chi connectivity index (χ3n) is 6.83. The number of nitrogens with one attached hydrogen (secondary N) is 1. The summed E-state index contributed by atoms with van der Waals surface area (Å²) in [6.45, 7) is 1.10. The predicted molar refractivity (Wildman–Crippen MR) is 148 cm³/mol. The molecule has 5 rings (SSSR count). The first kappa shape index (κ1) is 28.1. The number of carboxylic acid groups (broad SMARTS) is 1. The summed E-state index contributed by atoms with van der Waals surface area (Å²) in [4.78, 5) is 36.2. The zero-order chi connectivity index (χ0) is 29.1. The Bertz CT molecular complexity index is 1580. The molecular formula is C30H24ClF3N4O3. The van der Waals surface area contributed by atoms with Gasteiger partial charge in [0.1, 0.15) is 17.6 Å². The fraction of sp³-hybridized carbons (Fsp3) is 0.200. The monoisotopic (exact) mass is 580 g/mol. The number of hydrogen-bond donors (Lipinski definition) is 2. The lowest BCUT2D eigenvalue weighted by Gasteiger charge is -2.30. The van der Waals surface area contributed by atoms with Crippen LogP contribution in [-0.4, -0.2) is 39.5 Å². The fourth-order valence-corrected chi connectivity index (χ4v) is 4.76. The first-order valence-electron chi connectivity index (χ1n) is 12.7. The van der Waals surface area contributed by atoms with E-state index in [-0.39, 0.29) is 23.5 Å². The van der Waals surface area contributed by atoms with Crippen LogP contribution in [-0.2, 0) is 30.4 Å². The number of alkyl halides is 3. The maximum absolute atomic E-state index is 13.4. The molecule has 0 saturated carbocycles. The van der Waals surface area contributed by atoms with Crippen molar-refractivity contribution in [3.63, 3.8) is 0 Å². The highest BCUT2D eigenvalue weighted by molar-refractivity contribution is 6.30. The number of aliphatic carboxylic acids is 1. The Hall–Kier alpha value is -4.44. The van der Waals surface area contributed by atoms with Crippen molar-refractivity contribution >= 4 is 29.3 Å². The molecular weight excluding hydrogens is 557 g/mol. The van der Waals surface area contributed by atoms with Crippen molar-refractivity contribution in [1.29, 1.82) is 0 Å². The average Bonchev–Trinajstić information content (AvgIpc) is 2.97. The number of anilines is 1. The Morgan fingerprint density at radius 1 is 0.976 bits per heavy atom. The second-order valence-corrected chi connectivity index (χ2v) is 10.1. The number of halogens is 4. The summed E-state index contributed by atoms with van der Waals surface area (Å²) in [5.74, 6) is -1.54. The number of carbonyl (C=O) groups is 2. The van der Waals surface area contributed by atoms with Gasteiger partial charge >= 0.3 is 12.1 Å². The number of amides is 1. The van der Waals surface area contributed by atoms with E-state index >= 15 is 0 Å². The van der Waals surface area contributed by atoms with Gasteiger partial charge in [-0.05, 0) is 47.4 Å². The number of carboxylic acids is 1. The second kappa shape index (κ2) is 11.6. The number of carbonyl (C=O) groups excluding carboxylic acids is 1. The third kappa shape index (κ3) is 6.66. The van der Waals surface area contributed by atoms with E-state index in [1.807, 2.05) is 29.2 Å². The molecule has 1 aliphatic heterocycles. The van der Waals surface area contributed by atoms with Gasteiger partial charge in [-0.2, -0.15) is 13.2 Å². The Morgan fingerprint density at radius 2 is 1.66 bits per heavy atom. The summed E-state index contributed by atoms with van der Waals surface area (Å²) in [5.41, 5.74) is 2.30. The van der Waals surface area contributed by atoms with Crippen LogP contribution >= 0.6 is 11.6 Å². The quantitative estimate of drug-likeness (QED) is 0.287. The largest absolute Gasteiger partial charge is 0.480 e. The first-order valence-corrected chi connectivity index (χ1v) is 13.1. The van der Waals surface area contributed by atoms with Gasteiger partial charge in [0.2, 0.25) is 0 Å². The van der Waals surface area contributed by atoms with Gasteiger partial charge in [0.15, 0.2) is 5.82 Å². The maximum atomic E-state index is 13.4. The van der Waals surface area contributed by atoms with Gasteiger partial charge in [-0.15, -0.1) is 0 Å². The van der Waals surface area contributed by atoms with Gasteiger partial charge in [0.05, 0.1) is 5.56 Å². The predicted octanol–water partition coefficient (Wildman–Crippen LogP) is 5.80. The molecule has 7 nitrogen and oxygen atoms in total. The summed E-state index contributed by atoms with van der Waals surface area (Å²) in [5, 5.41) is 12.8. The smallest absolute Gasteiger partial charge is 0.416 e. The number of aromatic nitrogens is 2. The lowest BCUT2D eigenvalue weighted by molar-refractivity contribution is -0.139. The fourth-order valence-electron chi connectivity index (χ4n) is 4.63. The minimum atomic E-state index is -4.51. The first-order chi connectivity index (χ1) is 19.6. The van der Waals surface area contributed by atoms with Crippen LogP contribution in [0.5, 0.6) is 0 Å². The van der Waals surface area contributed by atoms with Crippen molar-refractivity contribution in [2.45, 2.75) is 31.6 Å². The van der Waals surface area contributed by atoms with Crippen LogP contribution in [0.25, 0.3) is 11.4 Å². The molecule has 0 fully saturated rings. The highest BCUT2D eigenvalue weighted by Crippen LogP contribution is 2.31. The molecule has 0 unspecified atom stereocenters. The van der Waals surface area contributed by atoms with Crippen LogP contribution in [0.2, 0.25) is 5.02 Å². The van der Waals surface area contributed by atoms with Crippen LogP contribution in [0.1, 0.15) is 32.7 Å². The van der Waals surface area contributed by atoms with E-state index in [2.05, 4.69) is 15.3 Å². The molecule has 0 radical (unpaired) electrons. The van der Waals surface area contributed by atoms with Crippen LogP contribution in [0.3, 0.4) is 0 Å². The number of fused-ring (bicyclic) bond motifs is 1. The van der Waals surface area contributed by atoms with E-state index in [1.165, 1.54) is 23.8 Å². The zero-order valence-electron chi connectivity index (χ0n) is 21.5. The van der Waals surface area contributed by atoms with Gasteiger partial charge in [-0.25, -0.2) is 14.8 Å². The molecule has 1 atom stereocenters. The highest BCUT2D eigenvalue weighted by Gasteiger charge is 2.30. The highest BCUT2D eigenvalue weighted by atomic mass is 35.5. The molecule has 0 bridgehead atoms. The van der Waals surface area contributed by atoms with Crippen molar-refractivity contribution in [1.82, 2.24) is 15.3 Å². The summed E-state index contributed by atoms with van der Waals surface area (Å²) < 4.78 is 39.4. The maximum Gasteiger partial charge on any atom is 0.416 e. The summed E-state index contributed by atoms with van der Waals surface area (Å²) in [6, 6.07) is 19.1. The SMILES string of the molecule is O=C(N[C@H](Cc1ccc(Cl)cc1)C(=O)O)c1cc(N2CCc3ccccc3C2)nc(-c2ccc(C(F)(F)F)cc2)n1. The van der Waals surface area contributed by atoms with Crippen molar-refractivity contribution in [3.05, 3.63) is 112 Å². The van der Waals surface area contributed by atoms with Crippen LogP contribution < -0.4 is 10.2 Å². The number of nitrogens with zero attached hydrogens (tertiary/aromatic N) is 3. The minimum Gasteiger partial charge on any atom is -0.480 e. The molecule has 11 heteroatoms. The lowest BCUT2D eigenvalue weighted by atomic mass is 10.00. The topological polar surface area (TPSA) is 95.4 Å². The molecule has 41 heavy (non-hydrogen) atoms. The molecule has 2 N–H and O–H groups in total. The molecule has 210 valence electrons. The van der Waals surface area contributed by atoms with Gasteiger partial charge < -0.3 is 15.3 Å². The van der Waals surface area contributed by atoms with Crippen LogP contribution in [0.15, 0.2) is 78.9 Å². The van der Waals surface area contributed by atoms with E-state index in [0.29, 0.717) is 29.5 Å². The Balaban J connectivity index is 1.48. The van der Waals surface area contributed by atoms with Gasteiger partial charge in [0.25, 0.3) is 5.91 Å². The van der Waals surface area contributed by atoms with Crippen molar-refractivity contribution in [2.24, 2.45) is 0 Å². The average molecular weight is 581 g/mol. The normalized spacial score (nSPS) is 13.8. The molecule has 1 amide bonds. The number of hydrogen-bond acceptors (Lipinski definition) is 5. The standard InChI is InChI=1S/C30H24ClF3N4O3/c31-23-11-5-18(6-12-23)15-25(29(40)41)36-28(39)24-16-26(38-14-13-19-3-1-2-4-21(19)17-38)37-27(35-24)20-7-9-22(10-8-20)30(32,33)34/h1-12,16,25H,13-15,17H2,(H,36,39)(H,40,41)/t25-/m1/s1. The lowest BCUT2D eigenvalue weighted by Crippen LogP contribution is -2.42. The number of rotatable bonds is 7. The van der Waals surface area contributed by atoms with E-state index in [4.69, 9.17) is 11.6 Å². The molecule has 4 aromatic rings. The molecule has 0 spiro atoms. The van der Waals surface area contributed by atoms with Gasteiger partial charge in [-0.1, -0.05) is 60.1 Å². The number of benzene rings is 3. The molecule has 0 aliphatic carbocycles. The summed E-state index contributed by atoms with van der Waals surface area (Å²) in [7, 11) is 0. The van der Waals surface area contributed by atoms with E-state index in [1.54, 1.807) is 24.3 Å². The summed E-state index contributed by atoms with van der Waals surface area (Å²) >= 11 is 5.92. The molecule has 1 aromatic heterocycles. The zero-order valence-corrected chi connectivity index (χ0v) is 22.3. The summed E-state index contributed by atoms with van der Waals surface area (Å²) in [6.07, 6.45) is -3.77. The third-order valence-corrected chi connectivity index (χ3v) is 7.08. The molecule has 3 aromatic carbocycles. The molecule has 1 aliphatic rings. The van der Waals surface area contributed by atoms with Crippen LogP contribution in [0.4, 0.5) is 19.0 Å². The molecule has 2 heterocycles. The van der Waals surface area contributed by atoms with E-state index in [0.717, 1.165) is 24.1 Å². The van der Waals surface area contributed by atoms with Gasteiger partial charge in [0, 0.05) is 36.2 Å². The molecule has 0 saturated heterocycles. The second-order valence-electron chi connectivity index (χ2n) is 9.65. The van der Waals surface area contributed by atoms with Crippen molar-refractivity contribution in [3.8, 4) is 11.4 Å². The minimum absolute atomic E-state index is 0.00482. The van der Waals surface area contributed by atoms with Crippen molar-refractivity contribution in [2.75, 3.05) is 11.4 Å². The van der Waals surface area contributed by atoms with Crippen molar-refractivity contribution < 1.29 is 27.9 Å². The van der Waals surface area contributed by atoms with E-state index < -0.39 is 29.7 Å². The van der Waals surface area contributed by atoms with Gasteiger partial charge in [-0.3, -0.25) is 4.79 Å². The Kier molecular flexibility index (Phi) is 7.94. The Morgan fingerprint density at radius 3 is 2.32 bits per heavy atom. The van der Waals surface area contributed by atoms with E-state index in [9.17, 15) is 27.9 Å².